The summed E-state index contributed by atoms with van der Waals surface area (Å²) < 4.78 is 24.7. The highest BCUT2D eigenvalue weighted by Crippen LogP contribution is 2.04. The van der Waals surface area contributed by atoms with Crippen LogP contribution in [0.3, 0.4) is 0 Å². The lowest BCUT2D eigenvalue weighted by atomic mass is 10.4. The number of ketones is 1. The summed E-state index contributed by atoms with van der Waals surface area (Å²) in [6.07, 6.45) is 0.117. The smallest absolute Gasteiger partial charge is 0.214 e. The fourth-order valence-corrected chi connectivity index (χ4v) is 2.87. The second-order valence-corrected chi connectivity index (χ2v) is 5.51. The third-order valence-electron chi connectivity index (χ3n) is 2.18. The Hall–Kier alpha value is -0.460. The molecule has 1 aliphatic heterocycles. The van der Waals surface area contributed by atoms with Gasteiger partial charge in [-0.2, -0.15) is 4.31 Å². The molecule has 0 saturated carbocycles. The van der Waals surface area contributed by atoms with E-state index in [0.717, 1.165) is 0 Å². The number of nitrogens with zero attached hydrogens (tertiary/aromatic N) is 1. The Balaban J connectivity index is 2.50. The highest BCUT2D eigenvalue weighted by atomic mass is 32.2. The Bertz CT molecular complexity index is 294. The van der Waals surface area contributed by atoms with Crippen LogP contribution in [0.2, 0.25) is 0 Å². The van der Waals surface area contributed by atoms with Crippen LogP contribution in [-0.2, 0) is 14.8 Å². The van der Waals surface area contributed by atoms with Crippen LogP contribution >= 0.6 is 0 Å². The quantitative estimate of drug-likeness (QED) is 0.673. The topological polar surface area (TPSA) is 66.5 Å². The number of hydrogen-bond donors (Lipinski definition) is 1. The molecule has 0 aromatic rings. The first-order valence-electron chi connectivity index (χ1n) is 4.70. The highest BCUT2D eigenvalue weighted by molar-refractivity contribution is 7.89. The van der Waals surface area contributed by atoms with Gasteiger partial charge in [-0.3, -0.25) is 4.79 Å². The largest absolute Gasteiger partial charge is 0.314 e. The molecule has 0 radical (unpaired) electrons. The van der Waals surface area contributed by atoms with Crippen molar-refractivity contribution in [3.8, 4) is 0 Å². The van der Waals surface area contributed by atoms with E-state index in [9.17, 15) is 13.2 Å². The molecule has 0 atom stereocenters. The van der Waals surface area contributed by atoms with E-state index in [-0.39, 0.29) is 18.0 Å². The molecule has 0 aliphatic carbocycles. The summed E-state index contributed by atoms with van der Waals surface area (Å²) in [5.74, 6) is -0.133. The number of hydrogen-bond acceptors (Lipinski definition) is 4. The predicted molar refractivity (Wildman–Crippen MR) is 53.5 cm³/mol. The fraction of sp³-hybridized carbons (Fsp3) is 0.875. The molecule has 82 valence electrons. The van der Waals surface area contributed by atoms with Gasteiger partial charge >= 0.3 is 0 Å². The Kier molecular flexibility index (Phi) is 4.03. The summed E-state index contributed by atoms with van der Waals surface area (Å²) in [4.78, 5) is 10.7. The third-order valence-corrected chi connectivity index (χ3v) is 4.05. The first kappa shape index (κ1) is 11.6. The second kappa shape index (κ2) is 4.86. The van der Waals surface area contributed by atoms with Gasteiger partial charge in [0.25, 0.3) is 0 Å². The van der Waals surface area contributed by atoms with Crippen LogP contribution in [0.15, 0.2) is 0 Å². The number of piperazine rings is 1. The van der Waals surface area contributed by atoms with Crippen molar-refractivity contribution in [3.63, 3.8) is 0 Å². The molecule has 1 rings (SSSR count). The maximum absolute atomic E-state index is 11.6. The summed E-state index contributed by atoms with van der Waals surface area (Å²) in [6.45, 7) is 3.83. The summed E-state index contributed by atoms with van der Waals surface area (Å²) in [5.41, 5.74) is 0. The number of Topliss-reactive ketones (excluding diaryl/α,β-unsaturated/α-hetero) is 1. The minimum atomic E-state index is -3.21. The van der Waals surface area contributed by atoms with Crippen molar-refractivity contribution in [3.05, 3.63) is 0 Å². The monoisotopic (exact) mass is 220 g/mol. The van der Waals surface area contributed by atoms with Crippen molar-refractivity contribution in [2.45, 2.75) is 13.3 Å². The van der Waals surface area contributed by atoms with Gasteiger partial charge in [0.2, 0.25) is 10.0 Å². The lowest BCUT2D eigenvalue weighted by molar-refractivity contribution is -0.116. The van der Waals surface area contributed by atoms with Crippen LogP contribution < -0.4 is 5.32 Å². The van der Waals surface area contributed by atoms with Gasteiger partial charge in [-0.15, -0.1) is 0 Å². The molecule has 5 nitrogen and oxygen atoms in total. The lowest BCUT2D eigenvalue weighted by Gasteiger charge is -2.26. The van der Waals surface area contributed by atoms with Gasteiger partial charge in [0, 0.05) is 32.6 Å². The summed E-state index contributed by atoms with van der Waals surface area (Å²) in [5, 5.41) is 3.08. The minimum absolute atomic E-state index is 0.0532. The van der Waals surface area contributed by atoms with Crippen molar-refractivity contribution in [1.82, 2.24) is 9.62 Å². The molecule has 1 fully saturated rings. The zero-order valence-corrected chi connectivity index (χ0v) is 9.14. The summed E-state index contributed by atoms with van der Waals surface area (Å²) in [7, 11) is -3.21. The van der Waals surface area contributed by atoms with Crippen LogP contribution in [0.1, 0.15) is 13.3 Å². The first-order valence-corrected chi connectivity index (χ1v) is 6.31. The molecule has 6 heteroatoms. The number of rotatable bonds is 4. The number of sulfonamides is 1. The van der Waals surface area contributed by atoms with Crippen LogP contribution in [0.5, 0.6) is 0 Å². The van der Waals surface area contributed by atoms with Crippen LogP contribution in [-0.4, -0.2) is 50.4 Å². The van der Waals surface area contributed by atoms with Crippen molar-refractivity contribution in [2.75, 3.05) is 31.9 Å². The van der Waals surface area contributed by atoms with E-state index < -0.39 is 10.0 Å². The van der Waals surface area contributed by atoms with Gasteiger partial charge in [0.05, 0.1) is 5.75 Å². The maximum Gasteiger partial charge on any atom is 0.214 e. The van der Waals surface area contributed by atoms with Gasteiger partial charge in [-0.1, -0.05) is 0 Å². The summed E-state index contributed by atoms with van der Waals surface area (Å²) in [6, 6.07) is 0. The molecule has 0 aromatic carbocycles. The minimum Gasteiger partial charge on any atom is -0.314 e. The summed E-state index contributed by atoms with van der Waals surface area (Å²) >= 11 is 0. The zero-order chi connectivity index (χ0) is 10.6. The Morgan fingerprint density at radius 2 is 1.93 bits per heavy atom. The first-order chi connectivity index (χ1) is 6.52. The van der Waals surface area contributed by atoms with Crippen molar-refractivity contribution in [1.29, 1.82) is 0 Å². The number of carbonyl (C=O) groups excluding carboxylic acids is 1. The van der Waals surface area contributed by atoms with Gasteiger partial charge in [0.15, 0.2) is 0 Å². The van der Waals surface area contributed by atoms with Gasteiger partial charge < -0.3 is 5.32 Å². The maximum atomic E-state index is 11.6. The Morgan fingerprint density at radius 1 is 1.36 bits per heavy atom. The van der Waals surface area contributed by atoms with E-state index in [4.69, 9.17) is 0 Å². The average Bonchev–Trinajstić information content (AvgIpc) is 2.16. The average molecular weight is 220 g/mol. The molecule has 0 bridgehead atoms. The standard InChI is InChI=1S/C8H16N2O3S/c1-8(11)2-7-14(12,13)10-5-3-9-4-6-10/h9H,2-7H2,1H3. The van der Waals surface area contributed by atoms with E-state index in [2.05, 4.69) is 5.32 Å². The molecule has 1 heterocycles. The van der Waals surface area contributed by atoms with Crippen LogP contribution in [0, 0.1) is 0 Å². The third kappa shape index (κ3) is 3.36. The highest BCUT2D eigenvalue weighted by Gasteiger charge is 2.23. The molecule has 0 aromatic heterocycles. The SMILES string of the molecule is CC(=O)CCS(=O)(=O)N1CCNCC1. The molecule has 0 unspecified atom stereocenters. The number of nitrogens with one attached hydrogen (secondary N) is 1. The van der Waals surface area contributed by atoms with Gasteiger partial charge in [0.1, 0.15) is 5.78 Å². The number of carbonyl (C=O) groups is 1. The molecule has 1 aliphatic rings. The molecule has 14 heavy (non-hydrogen) atoms. The van der Waals surface area contributed by atoms with E-state index >= 15 is 0 Å². The Labute approximate surface area is 84.5 Å². The zero-order valence-electron chi connectivity index (χ0n) is 8.32. The van der Waals surface area contributed by atoms with E-state index in [1.807, 2.05) is 0 Å². The lowest BCUT2D eigenvalue weighted by Crippen LogP contribution is -2.47. The van der Waals surface area contributed by atoms with Crippen LogP contribution in [0.25, 0.3) is 0 Å². The molecular weight excluding hydrogens is 204 g/mol. The van der Waals surface area contributed by atoms with Crippen LogP contribution in [0.4, 0.5) is 0 Å². The molecule has 1 saturated heterocycles. The molecule has 0 spiro atoms. The molecular formula is C8H16N2O3S. The van der Waals surface area contributed by atoms with E-state index in [1.54, 1.807) is 0 Å². The Morgan fingerprint density at radius 3 is 2.43 bits per heavy atom. The predicted octanol–water partition coefficient (Wildman–Crippen LogP) is -0.799. The van der Waals surface area contributed by atoms with E-state index in [0.29, 0.717) is 26.2 Å². The van der Waals surface area contributed by atoms with E-state index in [1.165, 1.54) is 11.2 Å². The van der Waals surface area contributed by atoms with Crippen molar-refractivity contribution in [2.24, 2.45) is 0 Å². The molecule has 0 amide bonds. The van der Waals surface area contributed by atoms with Gasteiger partial charge in [-0.25, -0.2) is 8.42 Å². The second-order valence-electron chi connectivity index (χ2n) is 3.42. The van der Waals surface area contributed by atoms with Gasteiger partial charge in [-0.05, 0) is 6.92 Å². The van der Waals surface area contributed by atoms with Crippen molar-refractivity contribution >= 4 is 15.8 Å². The fourth-order valence-electron chi connectivity index (χ4n) is 1.32. The normalized spacial score (nSPS) is 19.5. The molecule has 1 N–H and O–H groups in total. The van der Waals surface area contributed by atoms with Crippen molar-refractivity contribution < 1.29 is 13.2 Å².